The Hall–Kier alpha value is -2.13. The second-order valence-electron chi connectivity index (χ2n) is 4.00. The Morgan fingerprint density at radius 2 is 2.10 bits per heavy atom. The van der Waals surface area contributed by atoms with Crippen LogP contribution < -0.4 is 16.2 Å². The minimum Gasteiger partial charge on any atom is -0.398 e. The Morgan fingerprint density at radius 3 is 2.60 bits per heavy atom. The van der Waals surface area contributed by atoms with E-state index in [1.807, 2.05) is 6.92 Å². The van der Waals surface area contributed by atoms with Crippen LogP contribution in [-0.2, 0) is 10.0 Å². The summed E-state index contributed by atoms with van der Waals surface area (Å²) in [6, 6.07) is 3.77. The lowest BCUT2D eigenvalue weighted by atomic mass is 10.2. The fraction of sp³-hybridized carbons (Fsp3) is 0.0909. The minimum atomic E-state index is -3.85. The van der Waals surface area contributed by atoms with E-state index < -0.39 is 15.9 Å². The molecule has 0 unspecified atom stereocenters. The molecular formula is C11H12N4O3S2. The largest absolute Gasteiger partial charge is 0.398 e. The van der Waals surface area contributed by atoms with Gasteiger partial charge in [0.2, 0.25) is 5.91 Å². The fourth-order valence-electron chi connectivity index (χ4n) is 1.52. The van der Waals surface area contributed by atoms with Crippen LogP contribution in [0.1, 0.15) is 15.2 Å². The summed E-state index contributed by atoms with van der Waals surface area (Å²) in [5, 5.41) is 0.251. The van der Waals surface area contributed by atoms with Crippen LogP contribution in [0, 0.1) is 6.92 Å². The minimum absolute atomic E-state index is 0.0536. The first-order chi connectivity index (χ1) is 9.29. The van der Waals surface area contributed by atoms with Crippen LogP contribution >= 0.6 is 11.3 Å². The third kappa shape index (κ3) is 2.89. The summed E-state index contributed by atoms with van der Waals surface area (Å²) in [5.41, 5.74) is 10.9. The predicted molar refractivity (Wildman–Crippen MR) is 77.0 cm³/mol. The molecule has 0 bridgehead atoms. The Bertz CT molecular complexity index is 768. The molecule has 0 spiro atoms. The Balaban J connectivity index is 2.37. The number of nitrogens with two attached hydrogens (primary N) is 2. The van der Waals surface area contributed by atoms with Crippen molar-refractivity contribution in [1.29, 1.82) is 0 Å². The van der Waals surface area contributed by atoms with Crippen LogP contribution in [0.4, 0.5) is 10.8 Å². The first-order valence-electron chi connectivity index (χ1n) is 5.44. The highest BCUT2D eigenvalue weighted by Crippen LogP contribution is 2.24. The summed E-state index contributed by atoms with van der Waals surface area (Å²) < 4.78 is 26.7. The quantitative estimate of drug-likeness (QED) is 0.723. The number of carbonyl (C=O) groups is 1. The van der Waals surface area contributed by atoms with Gasteiger partial charge in [-0.2, -0.15) is 0 Å². The molecule has 9 heteroatoms. The average Bonchev–Trinajstić information content (AvgIpc) is 2.73. The number of hydrogen-bond acceptors (Lipinski definition) is 6. The first-order valence-corrected chi connectivity index (χ1v) is 7.74. The third-order valence-corrected chi connectivity index (χ3v) is 4.80. The number of aromatic nitrogens is 1. The molecule has 0 fully saturated rings. The van der Waals surface area contributed by atoms with E-state index in [4.69, 9.17) is 11.5 Å². The fourth-order valence-corrected chi connectivity index (χ4v) is 3.54. The summed E-state index contributed by atoms with van der Waals surface area (Å²) in [7, 11) is -3.85. The van der Waals surface area contributed by atoms with Gasteiger partial charge in [-0.15, -0.1) is 11.3 Å². The van der Waals surface area contributed by atoms with Crippen LogP contribution in [-0.4, -0.2) is 19.3 Å². The second kappa shape index (κ2) is 5.10. The molecule has 2 rings (SSSR count). The molecule has 0 atom stereocenters. The molecule has 20 heavy (non-hydrogen) atoms. The molecule has 1 heterocycles. The molecule has 2 aromatic rings. The Morgan fingerprint density at radius 1 is 1.40 bits per heavy atom. The normalized spacial score (nSPS) is 11.2. The van der Waals surface area contributed by atoms with E-state index in [0.29, 0.717) is 0 Å². The highest BCUT2D eigenvalue weighted by atomic mass is 32.2. The zero-order valence-corrected chi connectivity index (χ0v) is 12.1. The molecule has 0 radical (unpaired) electrons. The maximum atomic E-state index is 12.2. The molecule has 0 aliphatic heterocycles. The number of primary amides is 1. The van der Waals surface area contributed by atoms with Crippen LogP contribution in [0.2, 0.25) is 0 Å². The maximum absolute atomic E-state index is 12.2. The van der Waals surface area contributed by atoms with Crippen molar-refractivity contribution in [3.05, 3.63) is 34.8 Å². The Labute approximate surface area is 119 Å². The number of amides is 1. The van der Waals surface area contributed by atoms with Crippen molar-refractivity contribution in [2.45, 2.75) is 11.8 Å². The number of nitrogens with one attached hydrogen (secondary N) is 1. The highest BCUT2D eigenvalue weighted by Gasteiger charge is 2.19. The standard InChI is InChI=1S/C11H12N4O3S2/c1-6-5-14-11(19-6)15-20(17,18)9-3-2-7(10(13)16)4-8(9)12/h2-5H,12H2,1H3,(H2,13,16)(H,14,15). The zero-order chi connectivity index (χ0) is 14.9. The average molecular weight is 312 g/mol. The van der Waals surface area contributed by atoms with Gasteiger partial charge in [0.05, 0.1) is 5.69 Å². The lowest BCUT2D eigenvalue weighted by molar-refractivity contribution is 0.1000. The third-order valence-electron chi connectivity index (χ3n) is 2.43. The summed E-state index contributed by atoms with van der Waals surface area (Å²) in [4.78, 5) is 15.7. The van der Waals surface area contributed by atoms with Crippen molar-refractivity contribution in [1.82, 2.24) is 4.98 Å². The van der Waals surface area contributed by atoms with Crippen LogP contribution in [0.15, 0.2) is 29.3 Å². The summed E-state index contributed by atoms with van der Waals surface area (Å²) >= 11 is 1.21. The van der Waals surface area contributed by atoms with E-state index in [1.165, 1.54) is 29.5 Å². The number of anilines is 2. The highest BCUT2D eigenvalue weighted by molar-refractivity contribution is 7.93. The van der Waals surface area contributed by atoms with Gasteiger partial charge in [-0.3, -0.25) is 9.52 Å². The van der Waals surface area contributed by atoms with E-state index in [-0.39, 0.29) is 21.3 Å². The predicted octanol–water partition coefficient (Wildman–Crippen LogP) is 0.933. The number of thiazole rings is 1. The van der Waals surface area contributed by atoms with Crippen LogP contribution in [0.3, 0.4) is 0 Å². The molecule has 7 nitrogen and oxygen atoms in total. The van der Waals surface area contributed by atoms with E-state index in [9.17, 15) is 13.2 Å². The number of hydrogen-bond donors (Lipinski definition) is 3. The van der Waals surface area contributed by atoms with E-state index in [2.05, 4.69) is 9.71 Å². The molecule has 1 aromatic carbocycles. The molecule has 0 saturated heterocycles. The van der Waals surface area contributed by atoms with E-state index in [0.717, 1.165) is 4.88 Å². The van der Waals surface area contributed by atoms with E-state index in [1.54, 1.807) is 6.20 Å². The SMILES string of the molecule is Cc1cnc(NS(=O)(=O)c2ccc(C(N)=O)cc2N)s1. The van der Waals surface area contributed by atoms with E-state index >= 15 is 0 Å². The van der Waals surface area contributed by atoms with Crippen molar-refractivity contribution in [3.63, 3.8) is 0 Å². The van der Waals surface area contributed by atoms with Crippen molar-refractivity contribution >= 4 is 38.1 Å². The number of nitrogen functional groups attached to an aromatic ring is 1. The van der Waals surface area contributed by atoms with Crippen LogP contribution in [0.5, 0.6) is 0 Å². The van der Waals surface area contributed by atoms with Crippen molar-refractivity contribution < 1.29 is 13.2 Å². The maximum Gasteiger partial charge on any atom is 0.265 e. The van der Waals surface area contributed by atoms with Crippen molar-refractivity contribution in [2.24, 2.45) is 5.73 Å². The molecular weight excluding hydrogens is 300 g/mol. The van der Waals surface area contributed by atoms with Gasteiger partial charge in [-0.1, -0.05) is 0 Å². The lowest BCUT2D eigenvalue weighted by Gasteiger charge is -2.08. The molecule has 5 N–H and O–H groups in total. The topological polar surface area (TPSA) is 128 Å². The van der Waals surface area contributed by atoms with Gasteiger partial charge in [-0.25, -0.2) is 13.4 Å². The zero-order valence-electron chi connectivity index (χ0n) is 10.5. The molecule has 106 valence electrons. The van der Waals surface area contributed by atoms with Crippen molar-refractivity contribution in [3.8, 4) is 0 Å². The molecule has 0 saturated carbocycles. The number of aryl methyl sites for hydroxylation is 1. The molecule has 0 aliphatic carbocycles. The van der Waals surface area contributed by atoms with Crippen LogP contribution in [0.25, 0.3) is 0 Å². The summed E-state index contributed by atoms with van der Waals surface area (Å²) in [5.74, 6) is -0.677. The van der Waals surface area contributed by atoms with Gasteiger partial charge < -0.3 is 11.5 Å². The number of rotatable bonds is 4. The number of nitrogens with zero attached hydrogens (tertiary/aromatic N) is 1. The first kappa shape index (κ1) is 14.3. The van der Waals surface area contributed by atoms with Gasteiger partial charge in [0.25, 0.3) is 10.0 Å². The lowest BCUT2D eigenvalue weighted by Crippen LogP contribution is -2.16. The van der Waals surface area contributed by atoms with Crippen molar-refractivity contribution in [2.75, 3.05) is 10.5 Å². The van der Waals surface area contributed by atoms with Gasteiger partial charge in [0.1, 0.15) is 4.90 Å². The second-order valence-corrected chi connectivity index (χ2v) is 6.88. The number of carbonyl (C=O) groups excluding carboxylic acids is 1. The monoisotopic (exact) mass is 312 g/mol. The van der Waals surface area contributed by atoms with Gasteiger partial charge in [0, 0.05) is 16.6 Å². The summed E-state index contributed by atoms with van der Waals surface area (Å²) in [6.07, 6.45) is 1.56. The molecule has 1 aromatic heterocycles. The Kier molecular flexibility index (Phi) is 3.64. The van der Waals surface area contributed by atoms with Gasteiger partial charge in [0.15, 0.2) is 5.13 Å². The van der Waals surface area contributed by atoms with Gasteiger partial charge >= 0.3 is 0 Å². The number of sulfonamides is 1. The van der Waals surface area contributed by atoms with Gasteiger partial charge in [-0.05, 0) is 25.1 Å². The number of benzene rings is 1. The molecule has 1 amide bonds. The summed E-state index contributed by atoms with van der Waals surface area (Å²) in [6.45, 7) is 1.81. The molecule has 0 aliphatic rings. The smallest absolute Gasteiger partial charge is 0.265 e.